The molecule has 0 unspecified atom stereocenters. The Labute approximate surface area is 199 Å². The van der Waals surface area contributed by atoms with Crippen LogP contribution in [0.5, 0.6) is 17.2 Å². The number of hydrogen-bond acceptors (Lipinski definition) is 7. The van der Waals surface area contributed by atoms with Gasteiger partial charge in [-0.3, -0.25) is 9.59 Å². The number of rotatable bonds is 6. The SMILES string of the molecule is COc1cc([C@H]2C(C(=O)Nc3ncccc3C)=C(C)NC3=C2C(=O)CCC3)cc(OC)c1OC. The minimum Gasteiger partial charge on any atom is -0.493 e. The van der Waals surface area contributed by atoms with Crippen molar-refractivity contribution >= 4 is 17.5 Å². The minimum atomic E-state index is -0.596. The molecule has 0 saturated heterocycles. The average molecular weight is 464 g/mol. The van der Waals surface area contributed by atoms with E-state index in [0.717, 1.165) is 24.1 Å². The minimum absolute atomic E-state index is 0.0271. The fourth-order valence-electron chi connectivity index (χ4n) is 4.68. The third kappa shape index (κ3) is 4.11. The molecule has 0 saturated carbocycles. The summed E-state index contributed by atoms with van der Waals surface area (Å²) < 4.78 is 16.6. The molecular weight excluding hydrogens is 434 g/mol. The van der Waals surface area contributed by atoms with Crippen molar-refractivity contribution < 1.29 is 23.8 Å². The summed E-state index contributed by atoms with van der Waals surface area (Å²) in [7, 11) is 4.62. The summed E-state index contributed by atoms with van der Waals surface area (Å²) in [5, 5.41) is 6.26. The number of Topliss-reactive ketones (excluding diaryl/α,β-unsaturated/α-hetero) is 1. The van der Waals surface area contributed by atoms with E-state index in [4.69, 9.17) is 14.2 Å². The van der Waals surface area contributed by atoms with E-state index < -0.39 is 5.92 Å². The maximum atomic E-state index is 13.7. The van der Waals surface area contributed by atoms with E-state index in [-0.39, 0.29) is 11.7 Å². The second-order valence-corrected chi connectivity index (χ2v) is 8.35. The van der Waals surface area contributed by atoms with Crippen LogP contribution in [-0.4, -0.2) is 38.0 Å². The second-order valence-electron chi connectivity index (χ2n) is 8.35. The second kappa shape index (κ2) is 9.59. The van der Waals surface area contributed by atoms with Gasteiger partial charge in [-0.2, -0.15) is 0 Å². The molecule has 2 heterocycles. The standard InChI is InChI=1S/C26H29N3O5/c1-14-8-7-11-27-25(14)29-26(31)21-15(2)28-17-9-6-10-18(30)23(17)22(21)16-12-19(32-3)24(34-5)20(13-16)33-4/h7-8,11-13,22,28H,6,9-10H2,1-5H3,(H,27,29,31)/t22-/m0/s1. The van der Waals surface area contributed by atoms with Crippen LogP contribution in [0.25, 0.3) is 0 Å². The van der Waals surface area contributed by atoms with Gasteiger partial charge in [0.1, 0.15) is 5.82 Å². The van der Waals surface area contributed by atoms with E-state index in [1.54, 1.807) is 32.5 Å². The first-order valence-corrected chi connectivity index (χ1v) is 11.2. The Morgan fingerprint density at radius 2 is 1.79 bits per heavy atom. The normalized spacial score (nSPS) is 17.7. The predicted octanol–water partition coefficient (Wildman–Crippen LogP) is 4.02. The third-order valence-electron chi connectivity index (χ3n) is 6.28. The van der Waals surface area contributed by atoms with Crippen molar-refractivity contribution in [2.75, 3.05) is 26.6 Å². The number of carbonyl (C=O) groups is 2. The molecule has 0 radical (unpaired) electrons. The van der Waals surface area contributed by atoms with Crippen molar-refractivity contribution in [3.63, 3.8) is 0 Å². The summed E-state index contributed by atoms with van der Waals surface area (Å²) in [6.07, 6.45) is 3.59. The van der Waals surface area contributed by atoms with Gasteiger partial charge in [0, 0.05) is 41.1 Å². The fourth-order valence-corrected chi connectivity index (χ4v) is 4.68. The number of dihydropyridines is 1. The molecule has 0 spiro atoms. The van der Waals surface area contributed by atoms with Gasteiger partial charge < -0.3 is 24.8 Å². The van der Waals surface area contributed by atoms with Gasteiger partial charge in [-0.05, 0) is 56.0 Å². The van der Waals surface area contributed by atoms with Crippen LogP contribution in [0.3, 0.4) is 0 Å². The summed E-state index contributed by atoms with van der Waals surface area (Å²) in [6.45, 7) is 3.74. The number of methoxy groups -OCH3 is 3. The zero-order chi connectivity index (χ0) is 24.4. The van der Waals surface area contributed by atoms with E-state index in [9.17, 15) is 9.59 Å². The number of aromatic nitrogens is 1. The number of carbonyl (C=O) groups excluding carboxylic acids is 2. The largest absolute Gasteiger partial charge is 0.493 e. The Kier molecular flexibility index (Phi) is 6.58. The Bertz CT molecular complexity index is 1190. The number of hydrogen-bond donors (Lipinski definition) is 2. The fraction of sp³-hybridized carbons (Fsp3) is 0.346. The first-order valence-electron chi connectivity index (χ1n) is 11.2. The molecule has 0 fully saturated rings. The highest BCUT2D eigenvalue weighted by molar-refractivity contribution is 6.09. The zero-order valence-corrected chi connectivity index (χ0v) is 20.1. The topological polar surface area (TPSA) is 98.8 Å². The molecule has 4 rings (SSSR count). The first kappa shape index (κ1) is 23.4. The van der Waals surface area contributed by atoms with Crippen LogP contribution in [0.2, 0.25) is 0 Å². The molecular formula is C26H29N3O5. The summed E-state index contributed by atoms with van der Waals surface area (Å²) in [5.41, 5.74) is 4.16. The molecule has 1 aliphatic heterocycles. The lowest BCUT2D eigenvalue weighted by atomic mass is 9.75. The van der Waals surface area contributed by atoms with Crippen LogP contribution in [0.15, 0.2) is 53.0 Å². The van der Waals surface area contributed by atoms with E-state index in [1.165, 1.54) is 7.11 Å². The van der Waals surface area contributed by atoms with Crippen molar-refractivity contribution in [1.29, 1.82) is 0 Å². The molecule has 8 nitrogen and oxygen atoms in total. The lowest BCUT2D eigenvalue weighted by Gasteiger charge is -2.35. The van der Waals surface area contributed by atoms with Gasteiger partial charge in [-0.1, -0.05) is 6.07 Å². The number of allylic oxidation sites excluding steroid dienone is 3. The molecule has 1 aromatic heterocycles. The smallest absolute Gasteiger partial charge is 0.255 e. The van der Waals surface area contributed by atoms with Gasteiger partial charge in [0.15, 0.2) is 17.3 Å². The number of pyridine rings is 1. The van der Waals surface area contributed by atoms with Crippen molar-refractivity contribution in [2.24, 2.45) is 0 Å². The Balaban J connectivity index is 1.88. The summed E-state index contributed by atoms with van der Waals surface area (Å²) in [6, 6.07) is 7.30. The highest BCUT2D eigenvalue weighted by Gasteiger charge is 2.39. The van der Waals surface area contributed by atoms with Gasteiger partial charge in [0.2, 0.25) is 5.75 Å². The molecule has 1 amide bonds. The highest BCUT2D eigenvalue weighted by Crippen LogP contribution is 2.47. The van der Waals surface area contributed by atoms with Gasteiger partial charge in [0.25, 0.3) is 5.91 Å². The van der Waals surface area contributed by atoms with Crippen molar-refractivity contribution in [1.82, 2.24) is 10.3 Å². The number of ether oxygens (including phenoxy) is 3. The number of benzene rings is 1. The Morgan fingerprint density at radius 3 is 2.41 bits per heavy atom. The number of anilines is 1. The average Bonchev–Trinajstić information content (AvgIpc) is 2.83. The monoisotopic (exact) mass is 463 g/mol. The highest BCUT2D eigenvalue weighted by atomic mass is 16.5. The number of nitrogens with zero attached hydrogens (tertiary/aromatic N) is 1. The lowest BCUT2D eigenvalue weighted by Crippen LogP contribution is -2.35. The summed E-state index contributed by atoms with van der Waals surface area (Å²) in [4.78, 5) is 31.1. The molecule has 2 aromatic rings. The maximum Gasteiger partial charge on any atom is 0.255 e. The molecule has 34 heavy (non-hydrogen) atoms. The predicted molar refractivity (Wildman–Crippen MR) is 128 cm³/mol. The van der Waals surface area contributed by atoms with Gasteiger partial charge in [-0.25, -0.2) is 4.98 Å². The van der Waals surface area contributed by atoms with Crippen LogP contribution >= 0.6 is 0 Å². The van der Waals surface area contributed by atoms with Crippen molar-refractivity contribution in [3.05, 3.63) is 64.1 Å². The molecule has 0 bridgehead atoms. The first-order chi connectivity index (χ1) is 16.4. The van der Waals surface area contributed by atoms with Gasteiger partial charge in [0.05, 0.1) is 21.3 Å². The van der Waals surface area contributed by atoms with Crippen LogP contribution < -0.4 is 24.8 Å². The molecule has 1 aliphatic carbocycles. The lowest BCUT2D eigenvalue weighted by molar-refractivity contribution is -0.116. The van der Waals surface area contributed by atoms with E-state index in [1.807, 2.05) is 26.0 Å². The van der Waals surface area contributed by atoms with Crippen LogP contribution in [0.1, 0.15) is 43.2 Å². The number of nitrogens with one attached hydrogen (secondary N) is 2. The Hall–Kier alpha value is -3.81. The van der Waals surface area contributed by atoms with Crippen molar-refractivity contribution in [3.8, 4) is 17.2 Å². The third-order valence-corrected chi connectivity index (χ3v) is 6.28. The van der Waals surface area contributed by atoms with E-state index in [2.05, 4.69) is 15.6 Å². The Morgan fingerprint density at radius 1 is 1.09 bits per heavy atom. The van der Waals surface area contributed by atoms with E-state index >= 15 is 0 Å². The van der Waals surface area contributed by atoms with Crippen LogP contribution in [0.4, 0.5) is 5.82 Å². The summed E-state index contributed by atoms with van der Waals surface area (Å²) >= 11 is 0. The molecule has 1 atom stereocenters. The van der Waals surface area contributed by atoms with Crippen LogP contribution in [-0.2, 0) is 9.59 Å². The quantitative estimate of drug-likeness (QED) is 0.668. The molecule has 178 valence electrons. The van der Waals surface area contributed by atoms with E-state index in [0.29, 0.717) is 51.9 Å². The number of aryl methyl sites for hydroxylation is 1. The summed E-state index contributed by atoms with van der Waals surface area (Å²) in [5.74, 6) is 0.947. The zero-order valence-electron chi connectivity index (χ0n) is 20.1. The number of amides is 1. The van der Waals surface area contributed by atoms with Crippen molar-refractivity contribution in [2.45, 2.75) is 39.0 Å². The van der Waals surface area contributed by atoms with Crippen LogP contribution in [0, 0.1) is 6.92 Å². The maximum absolute atomic E-state index is 13.7. The molecule has 2 aliphatic rings. The molecule has 8 heteroatoms. The molecule has 2 N–H and O–H groups in total. The molecule has 1 aromatic carbocycles. The number of ketones is 1. The van der Waals surface area contributed by atoms with Gasteiger partial charge >= 0.3 is 0 Å². The van der Waals surface area contributed by atoms with Gasteiger partial charge in [-0.15, -0.1) is 0 Å².